The third kappa shape index (κ3) is 2.09. The number of nitrogens with two attached hydrogens (primary N) is 1. The largest absolute Gasteiger partial charge is 0.328 e. The summed E-state index contributed by atoms with van der Waals surface area (Å²) in [6.07, 6.45) is 1.64. The van der Waals surface area contributed by atoms with E-state index in [2.05, 4.69) is 10.1 Å². The Morgan fingerprint density at radius 1 is 1.64 bits per heavy atom. The Morgan fingerprint density at radius 3 is 2.64 bits per heavy atom. The van der Waals surface area contributed by atoms with Gasteiger partial charge < -0.3 is 5.73 Å². The van der Waals surface area contributed by atoms with E-state index < -0.39 is 5.67 Å². The van der Waals surface area contributed by atoms with Crippen LogP contribution in [0, 0.1) is 5.92 Å². The van der Waals surface area contributed by atoms with Crippen LogP contribution in [0.25, 0.3) is 0 Å². The SMILES string of the molecule is CC(C)C(F)(CN)Cc1ncnn1C. The molecule has 80 valence electrons. The van der Waals surface area contributed by atoms with Crippen LogP contribution in [0.4, 0.5) is 4.39 Å². The molecule has 4 nitrogen and oxygen atoms in total. The lowest BCUT2D eigenvalue weighted by atomic mass is 9.89. The Labute approximate surface area is 83.3 Å². The van der Waals surface area contributed by atoms with Crippen molar-refractivity contribution in [2.24, 2.45) is 18.7 Å². The Morgan fingerprint density at radius 2 is 2.29 bits per heavy atom. The molecule has 1 aromatic rings. The number of rotatable bonds is 4. The maximum absolute atomic E-state index is 14.2. The van der Waals surface area contributed by atoms with Crippen molar-refractivity contribution >= 4 is 0 Å². The highest BCUT2D eigenvalue weighted by Crippen LogP contribution is 2.24. The highest BCUT2D eigenvalue weighted by molar-refractivity contribution is 4.96. The molecule has 2 N–H and O–H groups in total. The van der Waals surface area contributed by atoms with Crippen LogP contribution in [0.3, 0.4) is 0 Å². The Hall–Kier alpha value is -0.970. The van der Waals surface area contributed by atoms with Gasteiger partial charge in [0.25, 0.3) is 0 Å². The quantitative estimate of drug-likeness (QED) is 0.777. The van der Waals surface area contributed by atoms with Gasteiger partial charge in [0.2, 0.25) is 0 Å². The predicted molar refractivity (Wildman–Crippen MR) is 52.4 cm³/mol. The fraction of sp³-hybridized carbons (Fsp3) is 0.778. The van der Waals surface area contributed by atoms with Gasteiger partial charge in [-0.15, -0.1) is 0 Å². The number of aromatic nitrogens is 3. The standard InChI is InChI=1S/C9H17FN4/c1-7(2)9(10,5-11)4-8-12-6-13-14(8)3/h6-7H,4-5,11H2,1-3H3. The van der Waals surface area contributed by atoms with E-state index in [1.54, 1.807) is 11.7 Å². The first-order valence-electron chi connectivity index (χ1n) is 4.71. The van der Waals surface area contributed by atoms with E-state index in [0.29, 0.717) is 5.82 Å². The number of hydrogen-bond donors (Lipinski definition) is 1. The zero-order valence-electron chi connectivity index (χ0n) is 8.87. The van der Waals surface area contributed by atoms with Gasteiger partial charge in [-0.2, -0.15) is 5.10 Å². The Kier molecular flexibility index (Phi) is 3.21. The van der Waals surface area contributed by atoms with Crippen molar-refractivity contribution in [3.05, 3.63) is 12.2 Å². The average Bonchev–Trinajstić information content (AvgIpc) is 2.51. The van der Waals surface area contributed by atoms with Gasteiger partial charge in [0.15, 0.2) is 0 Å². The summed E-state index contributed by atoms with van der Waals surface area (Å²) in [6, 6.07) is 0. The lowest BCUT2D eigenvalue weighted by molar-refractivity contribution is 0.106. The van der Waals surface area contributed by atoms with Gasteiger partial charge in [0.05, 0.1) is 0 Å². The Balaban J connectivity index is 2.80. The molecule has 14 heavy (non-hydrogen) atoms. The summed E-state index contributed by atoms with van der Waals surface area (Å²) in [7, 11) is 1.75. The summed E-state index contributed by atoms with van der Waals surface area (Å²) in [5.74, 6) is 0.510. The maximum atomic E-state index is 14.2. The van der Waals surface area contributed by atoms with Crippen molar-refractivity contribution in [3.8, 4) is 0 Å². The normalized spacial score (nSPS) is 15.9. The molecule has 1 aromatic heterocycles. The van der Waals surface area contributed by atoms with Gasteiger partial charge >= 0.3 is 0 Å². The van der Waals surface area contributed by atoms with E-state index in [-0.39, 0.29) is 18.9 Å². The number of alkyl halides is 1. The molecular weight excluding hydrogens is 183 g/mol. The van der Waals surface area contributed by atoms with Crippen molar-refractivity contribution in [2.45, 2.75) is 25.9 Å². The van der Waals surface area contributed by atoms with E-state index in [1.807, 2.05) is 13.8 Å². The number of aryl methyl sites for hydroxylation is 1. The van der Waals surface area contributed by atoms with Gasteiger partial charge in [-0.3, -0.25) is 4.68 Å². The molecule has 0 saturated carbocycles. The van der Waals surface area contributed by atoms with E-state index in [4.69, 9.17) is 5.73 Å². The summed E-state index contributed by atoms with van der Waals surface area (Å²) in [5.41, 5.74) is 4.05. The van der Waals surface area contributed by atoms with Crippen LogP contribution >= 0.6 is 0 Å². The molecule has 1 heterocycles. The monoisotopic (exact) mass is 200 g/mol. The molecule has 0 aliphatic carbocycles. The number of hydrogen-bond acceptors (Lipinski definition) is 3. The van der Waals surface area contributed by atoms with Crippen molar-refractivity contribution in [1.82, 2.24) is 14.8 Å². The van der Waals surface area contributed by atoms with Crippen LogP contribution in [0.5, 0.6) is 0 Å². The Bertz CT molecular complexity index is 297. The van der Waals surface area contributed by atoms with Crippen molar-refractivity contribution < 1.29 is 4.39 Å². The minimum atomic E-state index is -1.39. The van der Waals surface area contributed by atoms with Crippen LogP contribution in [-0.4, -0.2) is 27.0 Å². The molecule has 0 radical (unpaired) electrons. The molecule has 0 amide bonds. The van der Waals surface area contributed by atoms with Crippen LogP contribution in [-0.2, 0) is 13.5 Å². The first-order valence-corrected chi connectivity index (χ1v) is 4.71. The molecule has 0 spiro atoms. The third-order valence-corrected chi connectivity index (χ3v) is 2.63. The van der Waals surface area contributed by atoms with Crippen molar-refractivity contribution in [2.75, 3.05) is 6.54 Å². The van der Waals surface area contributed by atoms with Gasteiger partial charge in [-0.05, 0) is 5.92 Å². The third-order valence-electron chi connectivity index (χ3n) is 2.63. The van der Waals surface area contributed by atoms with Crippen LogP contribution < -0.4 is 5.73 Å². The lowest BCUT2D eigenvalue weighted by Crippen LogP contribution is -2.41. The second-order valence-corrected chi connectivity index (χ2v) is 3.87. The predicted octanol–water partition coefficient (Wildman–Crippen LogP) is 0.681. The zero-order chi connectivity index (χ0) is 10.8. The molecule has 1 rings (SSSR count). The van der Waals surface area contributed by atoms with Crippen molar-refractivity contribution in [1.29, 1.82) is 0 Å². The summed E-state index contributed by atoms with van der Waals surface area (Å²) in [6.45, 7) is 3.66. The molecule has 0 aliphatic heterocycles. The highest BCUT2D eigenvalue weighted by atomic mass is 19.1. The molecule has 1 unspecified atom stereocenters. The second kappa shape index (κ2) is 4.04. The van der Waals surface area contributed by atoms with E-state index >= 15 is 0 Å². The van der Waals surface area contributed by atoms with Crippen LogP contribution in [0.2, 0.25) is 0 Å². The molecular formula is C9H17FN4. The van der Waals surface area contributed by atoms with Crippen LogP contribution in [0.1, 0.15) is 19.7 Å². The minimum Gasteiger partial charge on any atom is -0.328 e. The highest BCUT2D eigenvalue weighted by Gasteiger charge is 2.33. The van der Waals surface area contributed by atoms with Crippen molar-refractivity contribution in [3.63, 3.8) is 0 Å². The molecule has 1 atom stereocenters. The summed E-state index contributed by atoms with van der Waals surface area (Å²) >= 11 is 0. The van der Waals surface area contributed by atoms with Gasteiger partial charge in [0.1, 0.15) is 17.8 Å². The molecule has 0 fully saturated rings. The van der Waals surface area contributed by atoms with Gasteiger partial charge in [-0.25, -0.2) is 9.37 Å². The molecule has 0 aromatic carbocycles. The average molecular weight is 200 g/mol. The fourth-order valence-electron chi connectivity index (χ4n) is 1.26. The molecule has 0 saturated heterocycles. The lowest BCUT2D eigenvalue weighted by Gasteiger charge is -2.27. The smallest absolute Gasteiger partial charge is 0.138 e. The zero-order valence-corrected chi connectivity index (χ0v) is 8.87. The molecule has 5 heteroatoms. The van der Waals surface area contributed by atoms with E-state index in [1.165, 1.54) is 6.33 Å². The van der Waals surface area contributed by atoms with Gasteiger partial charge in [0, 0.05) is 20.0 Å². The summed E-state index contributed by atoms with van der Waals surface area (Å²) in [5, 5.41) is 3.89. The number of nitrogens with zero attached hydrogens (tertiary/aromatic N) is 3. The van der Waals surface area contributed by atoms with Crippen LogP contribution in [0.15, 0.2) is 6.33 Å². The maximum Gasteiger partial charge on any atom is 0.138 e. The molecule has 0 aliphatic rings. The van der Waals surface area contributed by atoms with E-state index in [0.717, 1.165) is 0 Å². The fourth-order valence-corrected chi connectivity index (χ4v) is 1.26. The first-order chi connectivity index (χ1) is 6.49. The first kappa shape index (κ1) is 11.1. The number of halogens is 1. The van der Waals surface area contributed by atoms with Gasteiger partial charge in [-0.1, -0.05) is 13.8 Å². The second-order valence-electron chi connectivity index (χ2n) is 3.87. The van der Waals surface area contributed by atoms with E-state index in [9.17, 15) is 4.39 Å². The minimum absolute atomic E-state index is 0.0114. The topological polar surface area (TPSA) is 56.7 Å². The summed E-state index contributed by atoms with van der Waals surface area (Å²) in [4.78, 5) is 3.99. The molecule has 0 bridgehead atoms. The summed E-state index contributed by atoms with van der Waals surface area (Å²) < 4.78 is 15.8.